The van der Waals surface area contributed by atoms with Crippen molar-refractivity contribution in [3.63, 3.8) is 0 Å². The largest absolute Gasteiger partial charge is 0.468 e. The lowest BCUT2D eigenvalue weighted by molar-refractivity contribution is -0.137. The van der Waals surface area contributed by atoms with Crippen LogP contribution in [0.5, 0.6) is 0 Å². The van der Waals surface area contributed by atoms with Gasteiger partial charge in [-0.15, -0.1) is 0 Å². The van der Waals surface area contributed by atoms with E-state index < -0.39 is 0 Å². The molecular weight excluding hydrogens is 304 g/mol. The van der Waals surface area contributed by atoms with Crippen molar-refractivity contribution >= 4 is 5.91 Å². The van der Waals surface area contributed by atoms with Crippen molar-refractivity contribution in [2.45, 2.75) is 32.4 Å². The molecule has 24 heavy (non-hydrogen) atoms. The van der Waals surface area contributed by atoms with Crippen LogP contribution in [-0.4, -0.2) is 45.8 Å². The molecule has 0 bridgehead atoms. The lowest BCUT2D eigenvalue weighted by Gasteiger charge is -2.34. The Morgan fingerprint density at radius 1 is 1.42 bits per heavy atom. The Morgan fingerprint density at radius 2 is 2.21 bits per heavy atom. The Bertz CT molecular complexity index is 636. The fraction of sp³-hybridized carbons (Fsp3) is 0.500. The van der Waals surface area contributed by atoms with Gasteiger partial charge in [0.15, 0.2) is 0 Å². The predicted molar refractivity (Wildman–Crippen MR) is 89.9 cm³/mol. The average Bonchev–Trinajstić information content (AvgIpc) is 3.14. The maximum Gasteiger partial charge on any atom is 0.226 e. The molecule has 0 saturated carbocycles. The summed E-state index contributed by atoms with van der Waals surface area (Å²) in [4.78, 5) is 25.1. The Hall–Kier alpha value is -2.21. The zero-order valence-corrected chi connectivity index (χ0v) is 14.3. The number of aromatic nitrogens is 2. The van der Waals surface area contributed by atoms with Crippen LogP contribution in [0.15, 0.2) is 41.4 Å². The third-order valence-electron chi connectivity index (χ3n) is 4.86. The van der Waals surface area contributed by atoms with Crippen LogP contribution in [0.1, 0.15) is 37.3 Å². The van der Waals surface area contributed by atoms with Crippen molar-refractivity contribution in [3.05, 3.63) is 48.4 Å². The first-order valence-electron chi connectivity index (χ1n) is 8.42. The number of carbonyl (C=O) groups excluding carboxylic acids is 1. The van der Waals surface area contributed by atoms with Crippen molar-refractivity contribution in [1.82, 2.24) is 19.8 Å². The van der Waals surface area contributed by atoms with Gasteiger partial charge < -0.3 is 9.32 Å². The number of hydrogen-bond acceptors (Lipinski definition) is 5. The summed E-state index contributed by atoms with van der Waals surface area (Å²) in [5, 5.41) is 0. The third-order valence-corrected chi connectivity index (χ3v) is 4.86. The molecule has 128 valence electrons. The number of carbonyl (C=O) groups is 1. The van der Waals surface area contributed by atoms with Gasteiger partial charge in [0.2, 0.25) is 5.91 Å². The SMILES string of the molecule is CC(c1ccncn1)N(C)C(=O)C1CCN(Cc2ccco2)CC1. The first-order chi connectivity index (χ1) is 11.6. The molecule has 1 atom stereocenters. The highest BCUT2D eigenvalue weighted by Crippen LogP contribution is 2.24. The lowest BCUT2D eigenvalue weighted by atomic mass is 9.94. The second-order valence-corrected chi connectivity index (χ2v) is 6.39. The highest BCUT2D eigenvalue weighted by molar-refractivity contribution is 5.79. The smallest absolute Gasteiger partial charge is 0.226 e. The quantitative estimate of drug-likeness (QED) is 0.844. The van der Waals surface area contributed by atoms with E-state index in [9.17, 15) is 4.79 Å². The molecule has 6 nitrogen and oxygen atoms in total. The third kappa shape index (κ3) is 3.82. The van der Waals surface area contributed by atoms with Crippen LogP contribution in [0.4, 0.5) is 0 Å². The summed E-state index contributed by atoms with van der Waals surface area (Å²) in [6.45, 7) is 4.67. The number of piperidine rings is 1. The van der Waals surface area contributed by atoms with E-state index in [1.54, 1.807) is 12.5 Å². The van der Waals surface area contributed by atoms with Crippen LogP contribution in [-0.2, 0) is 11.3 Å². The molecule has 2 aromatic rings. The van der Waals surface area contributed by atoms with Gasteiger partial charge in [-0.3, -0.25) is 9.69 Å². The van der Waals surface area contributed by atoms with Gasteiger partial charge in [0.05, 0.1) is 24.5 Å². The first kappa shape index (κ1) is 16.6. The maximum absolute atomic E-state index is 12.8. The minimum Gasteiger partial charge on any atom is -0.468 e. The van der Waals surface area contributed by atoms with Gasteiger partial charge in [-0.1, -0.05) is 0 Å². The van der Waals surface area contributed by atoms with Crippen molar-refractivity contribution in [2.75, 3.05) is 20.1 Å². The number of hydrogen-bond donors (Lipinski definition) is 0. The number of amides is 1. The van der Waals surface area contributed by atoms with E-state index in [-0.39, 0.29) is 17.9 Å². The van der Waals surface area contributed by atoms with Crippen molar-refractivity contribution in [1.29, 1.82) is 0 Å². The molecule has 1 amide bonds. The van der Waals surface area contributed by atoms with E-state index in [1.807, 2.05) is 37.1 Å². The number of rotatable bonds is 5. The highest BCUT2D eigenvalue weighted by Gasteiger charge is 2.29. The summed E-state index contributed by atoms with van der Waals surface area (Å²) in [6.07, 6.45) is 6.72. The zero-order chi connectivity index (χ0) is 16.9. The normalized spacial score (nSPS) is 17.6. The maximum atomic E-state index is 12.8. The van der Waals surface area contributed by atoms with Gasteiger partial charge in [0.1, 0.15) is 12.1 Å². The van der Waals surface area contributed by atoms with E-state index in [4.69, 9.17) is 4.42 Å². The van der Waals surface area contributed by atoms with E-state index in [2.05, 4.69) is 14.9 Å². The number of likely N-dealkylation sites (tertiary alicyclic amines) is 1. The van der Waals surface area contributed by atoms with Gasteiger partial charge in [-0.2, -0.15) is 0 Å². The molecular formula is C18H24N4O2. The molecule has 3 heterocycles. The second kappa shape index (κ2) is 7.57. The van der Waals surface area contributed by atoms with Crippen molar-refractivity contribution in [3.8, 4) is 0 Å². The Balaban J connectivity index is 1.53. The summed E-state index contributed by atoms with van der Waals surface area (Å²) < 4.78 is 5.40. The van der Waals surface area contributed by atoms with E-state index in [1.165, 1.54) is 6.33 Å². The number of furan rings is 1. The van der Waals surface area contributed by atoms with Gasteiger partial charge in [0, 0.05) is 19.2 Å². The predicted octanol–water partition coefficient (Wildman–Crippen LogP) is 2.50. The molecule has 0 N–H and O–H groups in total. The molecule has 1 unspecified atom stereocenters. The summed E-state index contributed by atoms with van der Waals surface area (Å²) in [7, 11) is 1.87. The fourth-order valence-electron chi connectivity index (χ4n) is 3.19. The molecule has 1 aliphatic rings. The van der Waals surface area contributed by atoms with Crippen LogP contribution in [0.25, 0.3) is 0 Å². The summed E-state index contributed by atoms with van der Waals surface area (Å²) in [5.41, 5.74) is 0.871. The minimum absolute atomic E-state index is 0.0401. The Morgan fingerprint density at radius 3 is 2.83 bits per heavy atom. The minimum atomic E-state index is -0.0401. The molecule has 1 aliphatic heterocycles. The molecule has 0 spiro atoms. The molecule has 1 saturated heterocycles. The van der Waals surface area contributed by atoms with Gasteiger partial charge in [-0.05, 0) is 51.1 Å². The molecule has 0 radical (unpaired) electrons. The second-order valence-electron chi connectivity index (χ2n) is 6.39. The van der Waals surface area contributed by atoms with Crippen LogP contribution in [0.3, 0.4) is 0 Å². The molecule has 3 rings (SSSR count). The number of nitrogens with zero attached hydrogens (tertiary/aromatic N) is 4. The molecule has 0 aliphatic carbocycles. The highest BCUT2D eigenvalue weighted by atomic mass is 16.3. The van der Waals surface area contributed by atoms with Gasteiger partial charge in [-0.25, -0.2) is 9.97 Å². The molecule has 2 aromatic heterocycles. The van der Waals surface area contributed by atoms with Crippen LogP contribution in [0.2, 0.25) is 0 Å². The molecule has 1 fully saturated rings. The van der Waals surface area contributed by atoms with Crippen molar-refractivity contribution < 1.29 is 9.21 Å². The Labute approximate surface area is 142 Å². The zero-order valence-electron chi connectivity index (χ0n) is 14.3. The molecule has 0 aromatic carbocycles. The van der Waals surface area contributed by atoms with Crippen LogP contribution >= 0.6 is 0 Å². The van der Waals surface area contributed by atoms with Crippen LogP contribution in [0, 0.1) is 5.92 Å². The van der Waals surface area contributed by atoms with E-state index >= 15 is 0 Å². The van der Waals surface area contributed by atoms with Crippen LogP contribution < -0.4 is 0 Å². The average molecular weight is 328 g/mol. The molecule has 6 heteroatoms. The summed E-state index contributed by atoms with van der Waals surface area (Å²) >= 11 is 0. The van der Waals surface area contributed by atoms with Crippen molar-refractivity contribution in [2.24, 2.45) is 5.92 Å². The van der Waals surface area contributed by atoms with E-state index in [0.717, 1.165) is 43.9 Å². The van der Waals surface area contributed by atoms with Gasteiger partial charge in [0.25, 0.3) is 0 Å². The van der Waals surface area contributed by atoms with Gasteiger partial charge >= 0.3 is 0 Å². The fourth-order valence-corrected chi connectivity index (χ4v) is 3.19. The summed E-state index contributed by atoms with van der Waals surface area (Å²) in [5.74, 6) is 1.28. The standard InChI is InChI=1S/C18H24N4O2/c1-14(17-5-8-19-13-20-17)21(2)18(23)15-6-9-22(10-7-15)12-16-4-3-11-24-16/h3-5,8,11,13-15H,6-7,9-10,12H2,1-2H3. The Kier molecular flexibility index (Phi) is 5.25. The van der Waals surface area contributed by atoms with E-state index in [0.29, 0.717) is 0 Å². The monoisotopic (exact) mass is 328 g/mol. The first-order valence-corrected chi connectivity index (χ1v) is 8.42. The summed E-state index contributed by atoms with van der Waals surface area (Å²) in [6, 6.07) is 5.73. The topological polar surface area (TPSA) is 62.5 Å². The lowest BCUT2D eigenvalue weighted by Crippen LogP contribution is -2.41.